The number of hydrogen-bond donors (Lipinski definition) is 1. The second kappa shape index (κ2) is 6.94. The fraction of sp³-hybridized carbons (Fsp3) is 0.833. The van der Waals surface area contributed by atoms with Gasteiger partial charge in [-0.2, -0.15) is 0 Å². The molecule has 2 aliphatic carbocycles. The fourth-order valence-electron chi connectivity index (χ4n) is 4.32. The molecule has 2 amide bonds. The molecule has 138 valence electrons. The molecule has 25 heavy (non-hydrogen) atoms. The Hall–Kier alpha value is -1.63. The van der Waals surface area contributed by atoms with Crippen LogP contribution in [0.25, 0.3) is 0 Å². The minimum absolute atomic E-state index is 0.0119. The smallest absolute Gasteiger partial charge is 0.317 e. The summed E-state index contributed by atoms with van der Waals surface area (Å²) in [6, 6.07) is 0.326. The molecule has 1 saturated heterocycles. The van der Waals surface area contributed by atoms with E-state index in [1.807, 2.05) is 11.8 Å². The van der Waals surface area contributed by atoms with Crippen LogP contribution in [0.1, 0.15) is 63.3 Å². The number of rotatable bonds is 3. The lowest BCUT2D eigenvalue weighted by Crippen LogP contribution is -2.52. The first-order chi connectivity index (χ1) is 12.1. The van der Waals surface area contributed by atoms with Crippen molar-refractivity contribution >= 4 is 6.03 Å². The number of nitrogens with zero attached hydrogens (tertiary/aromatic N) is 3. The van der Waals surface area contributed by atoms with E-state index in [1.54, 1.807) is 6.92 Å². The van der Waals surface area contributed by atoms with Crippen LogP contribution in [0.3, 0.4) is 0 Å². The van der Waals surface area contributed by atoms with E-state index in [9.17, 15) is 4.79 Å². The van der Waals surface area contributed by atoms with Gasteiger partial charge in [0.05, 0.1) is 12.6 Å². The van der Waals surface area contributed by atoms with E-state index >= 15 is 0 Å². The molecule has 0 aromatic carbocycles. The average Bonchev–Trinajstić information content (AvgIpc) is 3.36. The maximum atomic E-state index is 12.8. The van der Waals surface area contributed by atoms with Crippen molar-refractivity contribution in [3.63, 3.8) is 0 Å². The van der Waals surface area contributed by atoms with Crippen LogP contribution >= 0.6 is 0 Å². The molecule has 1 aromatic heterocycles. The molecule has 1 N–H and O–H groups in total. The number of hydrogen-bond acceptors (Lipinski definition) is 5. The van der Waals surface area contributed by atoms with Crippen molar-refractivity contribution in [3.05, 3.63) is 11.8 Å². The van der Waals surface area contributed by atoms with Gasteiger partial charge in [0.1, 0.15) is 0 Å². The maximum Gasteiger partial charge on any atom is 0.317 e. The minimum Gasteiger partial charge on any atom is -0.423 e. The zero-order chi connectivity index (χ0) is 17.4. The van der Waals surface area contributed by atoms with Gasteiger partial charge >= 0.3 is 6.03 Å². The SMILES string of the molecule is Cc1nnc([C@H]2CN(C(=O)N[C@@H]3CCC[C@H](C4CC4)C3)C[C@@H](C)O2)o1. The van der Waals surface area contributed by atoms with Crippen LogP contribution in [-0.2, 0) is 4.74 Å². The molecule has 0 unspecified atom stereocenters. The van der Waals surface area contributed by atoms with Crippen LogP contribution in [-0.4, -0.2) is 46.4 Å². The second-order valence-corrected chi connectivity index (χ2v) is 7.91. The fourth-order valence-corrected chi connectivity index (χ4v) is 4.32. The van der Waals surface area contributed by atoms with Gasteiger partial charge < -0.3 is 19.4 Å². The lowest BCUT2D eigenvalue weighted by molar-refractivity contribution is -0.0770. The number of aromatic nitrogens is 2. The van der Waals surface area contributed by atoms with Crippen molar-refractivity contribution in [1.82, 2.24) is 20.4 Å². The summed E-state index contributed by atoms with van der Waals surface area (Å²) in [6.45, 7) is 4.77. The van der Waals surface area contributed by atoms with Gasteiger partial charge in [0.25, 0.3) is 0 Å². The van der Waals surface area contributed by atoms with Crippen molar-refractivity contribution in [3.8, 4) is 0 Å². The Morgan fingerprint density at radius 3 is 2.72 bits per heavy atom. The lowest BCUT2D eigenvalue weighted by atomic mass is 9.83. The number of carbonyl (C=O) groups is 1. The lowest BCUT2D eigenvalue weighted by Gasteiger charge is -2.37. The predicted octanol–water partition coefficient (Wildman–Crippen LogP) is 2.82. The Labute approximate surface area is 148 Å². The van der Waals surface area contributed by atoms with Crippen LogP contribution in [0.4, 0.5) is 4.79 Å². The Morgan fingerprint density at radius 2 is 2.00 bits per heavy atom. The third kappa shape index (κ3) is 3.97. The summed E-state index contributed by atoms with van der Waals surface area (Å²) < 4.78 is 11.4. The molecule has 4 atom stereocenters. The second-order valence-electron chi connectivity index (χ2n) is 7.91. The Morgan fingerprint density at radius 1 is 1.16 bits per heavy atom. The first kappa shape index (κ1) is 16.8. The van der Waals surface area contributed by atoms with E-state index in [4.69, 9.17) is 9.15 Å². The molecule has 3 fully saturated rings. The summed E-state index contributed by atoms with van der Waals surface area (Å²) in [7, 11) is 0. The van der Waals surface area contributed by atoms with E-state index in [-0.39, 0.29) is 18.2 Å². The molecule has 0 bridgehead atoms. The van der Waals surface area contributed by atoms with Gasteiger partial charge in [-0.15, -0.1) is 10.2 Å². The van der Waals surface area contributed by atoms with Crippen molar-refractivity contribution in [2.75, 3.05) is 13.1 Å². The summed E-state index contributed by atoms with van der Waals surface area (Å²) in [5, 5.41) is 11.2. The molecule has 1 aromatic rings. The first-order valence-electron chi connectivity index (χ1n) is 9.59. The summed E-state index contributed by atoms with van der Waals surface area (Å²) in [6.07, 6.45) is 7.18. The van der Waals surface area contributed by atoms with Crippen LogP contribution in [0.15, 0.2) is 4.42 Å². The van der Waals surface area contributed by atoms with Gasteiger partial charge in [-0.05, 0) is 44.4 Å². The maximum absolute atomic E-state index is 12.8. The zero-order valence-electron chi connectivity index (χ0n) is 15.1. The Bertz CT molecular complexity index is 615. The van der Waals surface area contributed by atoms with Crippen LogP contribution in [0.2, 0.25) is 0 Å². The molecule has 1 aliphatic heterocycles. The van der Waals surface area contributed by atoms with Crippen LogP contribution < -0.4 is 5.32 Å². The molecule has 0 radical (unpaired) electrons. The Kier molecular flexibility index (Phi) is 4.67. The molecule has 2 heterocycles. The van der Waals surface area contributed by atoms with E-state index in [0.29, 0.717) is 30.9 Å². The van der Waals surface area contributed by atoms with Gasteiger partial charge in [0.15, 0.2) is 6.10 Å². The third-order valence-electron chi connectivity index (χ3n) is 5.70. The summed E-state index contributed by atoms with van der Waals surface area (Å²) in [5.74, 6) is 2.71. The predicted molar refractivity (Wildman–Crippen MR) is 90.9 cm³/mol. The van der Waals surface area contributed by atoms with E-state index in [2.05, 4.69) is 15.5 Å². The highest BCUT2D eigenvalue weighted by Gasteiger charge is 2.37. The van der Waals surface area contributed by atoms with E-state index in [0.717, 1.165) is 24.7 Å². The molecule has 7 heteroatoms. The van der Waals surface area contributed by atoms with Crippen molar-refractivity contribution in [2.24, 2.45) is 11.8 Å². The molecule has 2 saturated carbocycles. The average molecular weight is 348 g/mol. The molecule has 3 aliphatic rings. The molecule has 4 rings (SSSR count). The quantitative estimate of drug-likeness (QED) is 0.908. The number of amides is 2. The summed E-state index contributed by atoms with van der Waals surface area (Å²) in [5.41, 5.74) is 0. The van der Waals surface area contributed by atoms with Gasteiger partial charge in [-0.25, -0.2) is 4.79 Å². The van der Waals surface area contributed by atoms with E-state index < -0.39 is 0 Å². The largest absolute Gasteiger partial charge is 0.423 e. The van der Waals surface area contributed by atoms with Crippen LogP contribution in [0, 0.1) is 18.8 Å². The van der Waals surface area contributed by atoms with Gasteiger partial charge in [-0.1, -0.05) is 12.8 Å². The van der Waals surface area contributed by atoms with Crippen molar-refractivity contribution in [2.45, 2.75) is 70.6 Å². The first-order valence-corrected chi connectivity index (χ1v) is 9.59. The van der Waals surface area contributed by atoms with Gasteiger partial charge in [-0.3, -0.25) is 0 Å². The zero-order valence-corrected chi connectivity index (χ0v) is 15.1. The normalized spacial score (nSPS) is 33.3. The number of nitrogens with one attached hydrogen (secondary N) is 1. The van der Waals surface area contributed by atoms with Gasteiger partial charge in [0.2, 0.25) is 11.8 Å². The Balaban J connectivity index is 1.35. The highest BCUT2D eigenvalue weighted by Crippen LogP contribution is 2.43. The number of ether oxygens (including phenoxy) is 1. The minimum atomic E-state index is -0.346. The molecule has 7 nitrogen and oxygen atoms in total. The van der Waals surface area contributed by atoms with Crippen molar-refractivity contribution < 1.29 is 13.9 Å². The summed E-state index contributed by atoms with van der Waals surface area (Å²) >= 11 is 0. The number of urea groups is 1. The molecular formula is C18H28N4O3. The van der Waals surface area contributed by atoms with Crippen LogP contribution in [0.5, 0.6) is 0 Å². The van der Waals surface area contributed by atoms with E-state index in [1.165, 1.54) is 25.7 Å². The molecule has 0 spiro atoms. The highest BCUT2D eigenvalue weighted by atomic mass is 16.5. The molecular weight excluding hydrogens is 320 g/mol. The summed E-state index contributed by atoms with van der Waals surface area (Å²) in [4.78, 5) is 14.6. The topological polar surface area (TPSA) is 80.5 Å². The number of carbonyl (C=O) groups excluding carboxylic acids is 1. The standard InChI is InChI=1S/C18H28N4O3/c1-11-9-22(10-16(24-11)17-21-20-12(2)25-17)18(23)19-15-5-3-4-14(8-15)13-6-7-13/h11,13-16H,3-10H2,1-2H3,(H,19,23)/t11-,14+,15-,16-/m1/s1. The number of aryl methyl sites for hydroxylation is 1. The van der Waals surface area contributed by atoms with Crippen molar-refractivity contribution in [1.29, 1.82) is 0 Å². The third-order valence-corrected chi connectivity index (χ3v) is 5.70. The number of morpholine rings is 1. The monoisotopic (exact) mass is 348 g/mol. The highest BCUT2D eigenvalue weighted by molar-refractivity contribution is 5.74. The van der Waals surface area contributed by atoms with Gasteiger partial charge in [0, 0.05) is 19.5 Å².